The Bertz CT molecular complexity index is 817. The molecule has 2 aromatic carbocycles. The van der Waals surface area contributed by atoms with Gasteiger partial charge >= 0.3 is 167 Å². The van der Waals surface area contributed by atoms with Gasteiger partial charge in [0.15, 0.2) is 0 Å². The van der Waals surface area contributed by atoms with E-state index in [1.54, 1.807) is 0 Å². The van der Waals surface area contributed by atoms with Crippen LogP contribution in [0.25, 0.3) is 0 Å². The average Bonchev–Trinajstić information content (AvgIpc) is 2.50. The molecule has 26 heavy (non-hydrogen) atoms. The minimum atomic E-state index is -3.57. The van der Waals surface area contributed by atoms with E-state index >= 15 is 0 Å². The molecule has 3 nitrogen and oxygen atoms in total. The van der Waals surface area contributed by atoms with Crippen molar-refractivity contribution in [2.45, 2.75) is 52.4 Å². The molecule has 0 unspecified atom stereocenters. The van der Waals surface area contributed by atoms with Gasteiger partial charge in [-0.25, -0.2) is 0 Å². The summed E-state index contributed by atoms with van der Waals surface area (Å²) in [6.45, 7) is 12.9. The van der Waals surface area contributed by atoms with Crippen molar-refractivity contribution < 1.29 is 10.9 Å². The summed E-state index contributed by atoms with van der Waals surface area (Å²) in [5.41, 5.74) is 2.11. The van der Waals surface area contributed by atoms with Gasteiger partial charge in [-0.15, -0.1) is 0 Å². The van der Waals surface area contributed by atoms with Crippen LogP contribution in [0.5, 0.6) is 0 Å². The maximum absolute atomic E-state index is 12.1. The molecule has 0 fully saturated rings. The standard InChI is InChI=1S/C21H29IO3S/c1-20(2,3)16-12-8-10-14-18(16)22(25-26(7,23)24)19-15-11-9-13-17(19)21(4,5)6/h8-15H,1-7H3. The zero-order valence-electron chi connectivity index (χ0n) is 16.6. The van der Waals surface area contributed by atoms with Gasteiger partial charge in [0, 0.05) is 0 Å². The van der Waals surface area contributed by atoms with E-state index in [2.05, 4.69) is 53.7 Å². The van der Waals surface area contributed by atoms with E-state index in [4.69, 9.17) is 2.51 Å². The molecule has 0 aromatic heterocycles. The molecule has 0 atom stereocenters. The summed E-state index contributed by atoms with van der Waals surface area (Å²) in [5, 5.41) is 0. The van der Waals surface area contributed by atoms with Crippen LogP contribution >= 0.6 is 20.2 Å². The number of halogens is 1. The minimum absolute atomic E-state index is 0.0934. The van der Waals surface area contributed by atoms with Gasteiger partial charge in [-0.2, -0.15) is 0 Å². The Balaban J connectivity index is 2.77. The quantitative estimate of drug-likeness (QED) is 0.518. The molecule has 2 aromatic rings. The molecular weight excluding hydrogens is 459 g/mol. The van der Waals surface area contributed by atoms with Crippen molar-refractivity contribution in [1.29, 1.82) is 0 Å². The predicted octanol–water partition coefficient (Wildman–Crippen LogP) is 5.72. The predicted molar refractivity (Wildman–Crippen MR) is 118 cm³/mol. The zero-order chi connectivity index (χ0) is 19.8. The van der Waals surface area contributed by atoms with E-state index in [1.807, 2.05) is 36.4 Å². The molecule has 0 spiro atoms. The average molecular weight is 488 g/mol. The second kappa shape index (κ2) is 7.60. The summed E-state index contributed by atoms with van der Waals surface area (Å²) < 4.78 is 32.2. The molecule has 0 saturated carbocycles. The maximum atomic E-state index is 12.1. The van der Waals surface area contributed by atoms with E-state index in [0.29, 0.717) is 0 Å². The Morgan fingerprint density at radius 3 is 1.38 bits per heavy atom. The van der Waals surface area contributed by atoms with Gasteiger partial charge in [0.25, 0.3) is 0 Å². The molecule has 0 radical (unpaired) electrons. The molecule has 0 amide bonds. The summed E-state index contributed by atoms with van der Waals surface area (Å²) in [5.74, 6) is 0. The van der Waals surface area contributed by atoms with Crippen molar-refractivity contribution in [2.75, 3.05) is 6.26 Å². The molecule has 2 rings (SSSR count). The first-order valence-corrected chi connectivity index (χ1v) is 13.5. The van der Waals surface area contributed by atoms with Crippen molar-refractivity contribution in [1.82, 2.24) is 0 Å². The topological polar surface area (TPSA) is 43.4 Å². The van der Waals surface area contributed by atoms with E-state index < -0.39 is 30.4 Å². The Labute approximate surface area is 166 Å². The summed E-state index contributed by atoms with van der Waals surface area (Å²) in [6, 6.07) is 16.2. The second-order valence-corrected chi connectivity index (χ2v) is 14.8. The second-order valence-electron chi connectivity index (χ2n) is 8.48. The number of rotatable bonds is 4. The molecule has 0 aliphatic carbocycles. The van der Waals surface area contributed by atoms with Gasteiger partial charge in [0.1, 0.15) is 0 Å². The molecule has 0 N–H and O–H groups in total. The summed E-state index contributed by atoms with van der Waals surface area (Å²) >= 11 is -2.67. The van der Waals surface area contributed by atoms with Crippen LogP contribution in [0, 0.1) is 7.14 Å². The number of hydrogen-bond acceptors (Lipinski definition) is 3. The fourth-order valence-corrected chi connectivity index (χ4v) is 10.9. The normalized spacial score (nSPS) is 13.6. The SMILES string of the molecule is CC(C)(C)c1ccccc1I(OS(C)(=O)=O)c1ccccc1C(C)(C)C. The summed E-state index contributed by atoms with van der Waals surface area (Å²) in [4.78, 5) is 0. The van der Waals surface area contributed by atoms with E-state index in [9.17, 15) is 8.42 Å². The first kappa shape index (κ1) is 21.4. The molecular formula is C21H29IO3S. The van der Waals surface area contributed by atoms with Gasteiger partial charge in [-0.3, -0.25) is 0 Å². The molecule has 0 bridgehead atoms. The molecule has 0 heterocycles. The van der Waals surface area contributed by atoms with Crippen LogP contribution in [0.15, 0.2) is 48.5 Å². The summed E-state index contributed by atoms with van der Waals surface area (Å²) in [6.07, 6.45) is 1.15. The van der Waals surface area contributed by atoms with Crippen LogP contribution in [0.2, 0.25) is 0 Å². The van der Waals surface area contributed by atoms with Gasteiger partial charge < -0.3 is 0 Å². The van der Waals surface area contributed by atoms with E-state index in [-0.39, 0.29) is 10.8 Å². The summed E-state index contributed by atoms with van der Waals surface area (Å²) in [7, 11) is -3.57. The van der Waals surface area contributed by atoms with Crippen LogP contribution in [-0.2, 0) is 23.5 Å². The number of hydrogen-bond donors (Lipinski definition) is 0. The fourth-order valence-electron chi connectivity index (χ4n) is 2.73. The zero-order valence-corrected chi connectivity index (χ0v) is 19.6. The van der Waals surface area contributed by atoms with Gasteiger partial charge in [-0.05, 0) is 0 Å². The Hall–Kier alpha value is -0.920. The Morgan fingerprint density at radius 1 is 0.731 bits per heavy atom. The molecule has 0 aliphatic heterocycles. The van der Waals surface area contributed by atoms with Crippen LogP contribution < -0.4 is 0 Å². The number of benzene rings is 2. The van der Waals surface area contributed by atoms with Crippen LogP contribution in [-0.4, -0.2) is 14.7 Å². The van der Waals surface area contributed by atoms with Crippen molar-refractivity contribution in [3.63, 3.8) is 0 Å². The van der Waals surface area contributed by atoms with Crippen molar-refractivity contribution >= 4 is 30.4 Å². The van der Waals surface area contributed by atoms with Gasteiger partial charge in [0.05, 0.1) is 0 Å². The van der Waals surface area contributed by atoms with Crippen molar-refractivity contribution in [3.05, 3.63) is 66.8 Å². The molecule has 144 valence electrons. The molecule has 5 heteroatoms. The fraction of sp³-hybridized carbons (Fsp3) is 0.429. The van der Waals surface area contributed by atoms with Gasteiger partial charge in [-0.1, -0.05) is 0 Å². The van der Waals surface area contributed by atoms with Gasteiger partial charge in [0.2, 0.25) is 0 Å². The van der Waals surface area contributed by atoms with Crippen LogP contribution in [0.3, 0.4) is 0 Å². The van der Waals surface area contributed by atoms with E-state index in [0.717, 1.165) is 24.5 Å². The third kappa shape index (κ3) is 5.30. The third-order valence-electron chi connectivity index (χ3n) is 3.91. The van der Waals surface area contributed by atoms with Crippen LogP contribution in [0.4, 0.5) is 0 Å². The Morgan fingerprint density at radius 2 is 1.08 bits per heavy atom. The molecule has 0 saturated heterocycles. The third-order valence-corrected chi connectivity index (χ3v) is 11.3. The Kier molecular flexibility index (Phi) is 6.25. The van der Waals surface area contributed by atoms with Crippen LogP contribution in [0.1, 0.15) is 52.7 Å². The monoisotopic (exact) mass is 488 g/mol. The van der Waals surface area contributed by atoms with Crippen molar-refractivity contribution in [2.24, 2.45) is 0 Å². The van der Waals surface area contributed by atoms with E-state index in [1.165, 1.54) is 0 Å². The first-order valence-electron chi connectivity index (χ1n) is 8.60. The van der Waals surface area contributed by atoms with Crippen molar-refractivity contribution in [3.8, 4) is 0 Å². The first-order chi connectivity index (χ1) is 11.8. The molecule has 0 aliphatic rings.